The number of hydrogen-bond donors (Lipinski definition) is 1. The van der Waals surface area contributed by atoms with Crippen molar-refractivity contribution in [2.75, 3.05) is 25.6 Å². The molecule has 0 atom stereocenters. The molecule has 0 saturated carbocycles. The Balaban J connectivity index is 1.85. The van der Waals surface area contributed by atoms with E-state index in [1.54, 1.807) is 19.1 Å². The second kappa shape index (κ2) is 9.55. The number of nitrogens with one attached hydrogen (secondary N) is 1. The number of anilines is 1. The highest BCUT2D eigenvalue weighted by Gasteiger charge is 2.28. The Morgan fingerprint density at radius 3 is 2.74 bits per heavy atom. The monoisotopic (exact) mass is 425 g/mol. The van der Waals surface area contributed by atoms with Crippen molar-refractivity contribution in [2.45, 2.75) is 39.8 Å². The fraction of sp³-hybridized carbons (Fsp3) is 0.409. The summed E-state index contributed by atoms with van der Waals surface area (Å²) in [6, 6.07) is 7.57. The zero-order valence-corrected chi connectivity index (χ0v) is 18.3. The Kier molecular flexibility index (Phi) is 6.84. The number of methoxy groups -OCH3 is 1. The van der Waals surface area contributed by atoms with Gasteiger partial charge in [-0.05, 0) is 31.0 Å². The molecule has 0 spiro atoms. The third-order valence-corrected chi connectivity index (χ3v) is 5.15. The normalized spacial score (nSPS) is 12.9. The SMILES string of the molecule is COc1cccc(CN2C(=O)CCc3c(C)nc(CN(C)C(=O)CNC(C)=O)nc32)c1. The van der Waals surface area contributed by atoms with Crippen LogP contribution in [0.3, 0.4) is 0 Å². The van der Waals surface area contributed by atoms with Gasteiger partial charge in [0.05, 0.1) is 26.7 Å². The van der Waals surface area contributed by atoms with Crippen LogP contribution in [0.15, 0.2) is 24.3 Å². The van der Waals surface area contributed by atoms with Gasteiger partial charge in [-0.1, -0.05) is 12.1 Å². The number of aromatic nitrogens is 2. The number of fused-ring (bicyclic) bond motifs is 1. The number of rotatable bonds is 7. The Bertz CT molecular complexity index is 1010. The summed E-state index contributed by atoms with van der Waals surface area (Å²) >= 11 is 0. The zero-order valence-electron chi connectivity index (χ0n) is 18.3. The van der Waals surface area contributed by atoms with Crippen molar-refractivity contribution in [2.24, 2.45) is 0 Å². The number of aryl methyl sites for hydroxylation is 1. The van der Waals surface area contributed by atoms with Gasteiger partial charge >= 0.3 is 0 Å². The smallest absolute Gasteiger partial charge is 0.242 e. The molecule has 9 heteroatoms. The molecule has 0 aliphatic carbocycles. The first-order valence-electron chi connectivity index (χ1n) is 10.1. The van der Waals surface area contributed by atoms with E-state index in [2.05, 4.69) is 15.3 Å². The van der Waals surface area contributed by atoms with Crippen LogP contribution < -0.4 is 15.0 Å². The molecule has 1 aromatic heterocycles. The number of hydrogen-bond acceptors (Lipinski definition) is 6. The molecular weight excluding hydrogens is 398 g/mol. The average Bonchev–Trinajstić information content (AvgIpc) is 2.74. The fourth-order valence-electron chi connectivity index (χ4n) is 3.46. The molecule has 1 aliphatic heterocycles. The minimum Gasteiger partial charge on any atom is -0.497 e. The molecule has 31 heavy (non-hydrogen) atoms. The van der Waals surface area contributed by atoms with Crippen molar-refractivity contribution in [1.29, 1.82) is 0 Å². The maximum absolute atomic E-state index is 12.7. The van der Waals surface area contributed by atoms with E-state index in [1.807, 2.05) is 31.2 Å². The standard InChI is InChI=1S/C22H27N5O4/c1-14-18-8-9-20(29)27(12-16-6-5-7-17(10-16)31-4)22(18)25-19(24-14)13-26(3)21(30)11-23-15(2)28/h5-7,10H,8-9,11-13H2,1-4H3,(H,23,28). The summed E-state index contributed by atoms with van der Waals surface area (Å²) in [4.78, 5) is 48.3. The number of likely N-dealkylation sites (N-methyl/N-ethyl adjacent to an activating group) is 1. The Morgan fingerprint density at radius 2 is 2.03 bits per heavy atom. The van der Waals surface area contributed by atoms with Crippen molar-refractivity contribution in [3.63, 3.8) is 0 Å². The molecule has 3 amide bonds. The molecule has 9 nitrogen and oxygen atoms in total. The summed E-state index contributed by atoms with van der Waals surface area (Å²) in [5, 5.41) is 2.49. The average molecular weight is 425 g/mol. The van der Waals surface area contributed by atoms with E-state index in [-0.39, 0.29) is 30.8 Å². The summed E-state index contributed by atoms with van der Waals surface area (Å²) < 4.78 is 5.29. The number of nitrogens with zero attached hydrogens (tertiary/aromatic N) is 4. The van der Waals surface area contributed by atoms with Crippen molar-refractivity contribution in [3.8, 4) is 5.75 Å². The molecule has 0 unspecified atom stereocenters. The molecule has 2 heterocycles. The van der Waals surface area contributed by atoms with Gasteiger partial charge in [0.2, 0.25) is 17.7 Å². The molecule has 2 aromatic rings. The number of amides is 3. The highest BCUT2D eigenvalue weighted by molar-refractivity contribution is 5.95. The Morgan fingerprint density at radius 1 is 1.26 bits per heavy atom. The van der Waals surface area contributed by atoms with Crippen LogP contribution in [0, 0.1) is 6.92 Å². The molecule has 3 rings (SSSR count). The van der Waals surface area contributed by atoms with E-state index in [9.17, 15) is 14.4 Å². The highest BCUT2D eigenvalue weighted by atomic mass is 16.5. The van der Waals surface area contributed by atoms with Gasteiger partial charge in [0.1, 0.15) is 17.4 Å². The highest BCUT2D eigenvalue weighted by Crippen LogP contribution is 2.30. The van der Waals surface area contributed by atoms with E-state index in [0.717, 1.165) is 22.6 Å². The molecule has 164 valence electrons. The van der Waals surface area contributed by atoms with Gasteiger partial charge in [-0.2, -0.15) is 0 Å². The van der Waals surface area contributed by atoms with Gasteiger partial charge in [-0.15, -0.1) is 0 Å². The lowest BCUT2D eigenvalue weighted by molar-refractivity contribution is -0.131. The lowest BCUT2D eigenvalue weighted by atomic mass is 10.0. The second-order valence-corrected chi connectivity index (χ2v) is 7.52. The topological polar surface area (TPSA) is 105 Å². The maximum atomic E-state index is 12.7. The van der Waals surface area contributed by atoms with Crippen LogP contribution in [-0.4, -0.2) is 53.3 Å². The van der Waals surface area contributed by atoms with Crippen molar-refractivity contribution in [3.05, 3.63) is 46.9 Å². The van der Waals surface area contributed by atoms with E-state index < -0.39 is 0 Å². The lowest BCUT2D eigenvalue weighted by Gasteiger charge is -2.30. The van der Waals surface area contributed by atoms with Crippen molar-refractivity contribution < 1.29 is 19.1 Å². The van der Waals surface area contributed by atoms with Gasteiger partial charge in [0.25, 0.3) is 0 Å². The molecular formula is C22H27N5O4. The van der Waals surface area contributed by atoms with Gasteiger partial charge in [0, 0.05) is 31.6 Å². The molecule has 0 fully saturated rings. The third kappa shape index (κ3) is 5.36. The lowest BCUT2D eigenvalue weighted by Crippen LogP contribution is -2.38. The van der Waals surface area contributed by atoms with Crippen LogP contribution in [-0.2, 0) is 33.9 Å². The van der Waals surface area contributed by atoms with E-state index in [0.29, 0.717) is 31.0 Å². The van der Waals surface area contributed by atoms with Crippen LogP contribution in [0.2, 0.25) is 0 Å². The van der Waals surface area contributed by atoms with Crippen LogP contribution in [0.1, 0.15) is 36.0 Å². The van der Waals surface area contributed by atoms with E-state index in [1.165, 1.54) is 11.8 Å². The Labute approximate surface area is 181 Å². The summed E-state index contributed by atoms with van der Waals surface area (Å²) in [6.45, 7) is 3.71. The zero-order chi connectivity index (χ0) is 22.5. The first kappa shape index (κ1) is 22.2. The number of benzene rings is 1. The first-order chi connectivity index (χ1) is 14.8. The van der Waals surface area contributed by atoms with E-state index >= 15 is 0 Å². The molecule has 0 saturated heterocycles. The number of ether oxygens (including phenoxy) is 1. The van der Waals surface area contributed by atoms with Crippen molar-refractivity contribution >= 4 is 23.5 Å². The van der Waals surface area contributed by atoms with Gasteiger partial charge in [0.15, 0.2) is 0 Å². The number of carbonyl (C=O) groups excluding carboxylic acids is 3. The van der Waals surface area contributed by atoms with Crippen molar-refractivity contribution in [1.82, 2.24) is 20.2 Å². The van der Waals surface area contributed by atoms with Crippen LogP contribution in [0.4, 0.5) is 5.82 Å². The predicted octanol–water partition coefficient (Wildman–Crippen LogP) is 1.37. The quantitative estimate of drug-likeness (QED) is 0.718. The van der Waals surface area contributed by atoms with Gasteiger partial charge < -0.3 is 15.0 Å². The van der Waals surface area contributed by atoms with Crippen LogP contribution in [0.5, 0.6) is 5.75 Å². The largest absolute Gasteiger partial charge is 0.497 e. The first-order valence-corrected chi connectivity index (χ1v) is 10.1. The minimum atomic E-state index is -0.269. The molecule has 1 aromatic carbocycles. The van der Waals surface area contributed by atoms with Crippen LogP contribution in [0.25, 0.3) is 0 Å². The summed E-state index contributed by atoms with van der Waals surface area (Å²) in [6.07, 6.45) is 0.988. The molecule has 1 N–H and O–H groups in total. The summed E-state index contributed by atoms with van der Waals surface area (Å²) in [5.74, 6) is 1.23. The van der Waals surface area contributed by atoms with E-state index in [4.69, 9.17) is 4.74 Å². The summed E-state index contributed by atoms with van der Waals surface area (Å²) in [5.41, 5.74) is 2.67. The fourth-order valence-corrected chi connectivity index (χ4v) is 3.46. The molecule has 0 bridgehead atoms. The second-order valence-electron chi connectivity index (χ2n) is 7.52. The summed E-state index contributed by atoms with van der Waals surface area (Å²) in [7, 11) is 3.23. The molecule has 0 radical (unpaired) electrons. The Hall–Kier alpha value is -3.49. The van der Waals surface area contributed by atoms with Crippen LogP contribution >= 0.6 is 0 Å². The third-order valence-electron chi connectivity index (χ3n) is 5.15. The predicted molar refractivity (Wildman–Crippen MR) is 114 cm³/mol. The van der Waals surface area contributed by atoms with Gasteiger partial charge in [-0.25, -0.2) is 9.97 Å². The maximum Gasteiger partial charge on any atom is 0.242 e. The minimum absolute atomic E-state index is 0.00513. The molecule has 1 aliphatic rings. The number of carbonyl (C=O) groups is 3. The van der Waals surface area contributed by atoms with Gasteiger partial charge in [-0.3, -0.25) is 19.3 Å².